The maximum Gasteiger partial charge on any atom is 0.308 e. The quantitative estimate of drug-likeness (QED) is 0.109. The van der Waals surface area contributed by atoms with Crippen LogP contribution in [0.25, 0.3) is 0 Å². The Morgan fingerprint density at radius 1 is 1.02 bits per heavy atom. The van der Waals surface area contributed by atoms with Crippen molar-refractivity contribution >= 4 is 35.0 Å². The molecule has 12 nitrogen and oxygen atoms in total. The lowest BCUT2D eigenvalue weighted by Gasteiger charge is -2.40. The van der Waals surface area contributed by atoms with Gasteiger partial charge in [-0.05, 0) is 63.1 Å². The second kappa shape index (κ2) is 22.9. The number of carbonyl (C=O) groups is 4. The third kappa shape index (κ3) is 13.1. The Morgan fingerprint density at radius 2 is 1.74 bits per heavy atom. The molecule has 13 heteroatoms. The molecule has 0 saturated carbocycles. The summed E-state index contributed by atoms with van der Waals surface area (Å²) in [5.41, 5.74) is 1.29. The van der Waals surface area contributed by atoms with Gasteiger partial charge in [0.15, 0.2) is 0 Å². The van der Waals surface area contributed by atoms with Crippen LogP contribution < -0.4 is 10.6 Å². The third-order valence-electron chi connectivity index (χ3n) is 10.5. The number of nitrogens with one attached hydrogen (secondary N) is 2. The number of carbonyl (C=O) groups excluding carboxylic acids is 4. The number of aromatic nitrogens is 1. The summed E-state index contributed by atoms with van der Waals surface area (Å²) < 4.78 is 16.5. The molecule has 302 valence electrons. The molecule has 1 aliphatic rings. The summed E-state index contributed by atoms with van der Waals surface area (Å²) in [6.07, 6.45) is 5.11. The molecule has 2 N–H and O–H groups in total. The van der Waals surface area contributed by atoms with Gasteiger partial charge in [-0.3, -0.25) is 24.1 Å². The average molecular weight is 772 g/mol. The van der Waals surface area contributed by atoms with E-state index in [2.05, 4.69) is 29.4 Å². The molecule has 0 aliphatic carbocycles. The van der Waals surface area contributed by atoms with E-state index in [4.69, 9.17) is 19.2 Å². The lowest BCUT2D eigenvalue weighted by Crippen LogP contribution is -2.58. The number of benzene rings is 1. The molecule has 54 heavy (non-hydrogen) atoms. The Kier molecular flexibility index (Phi) is 19.1. The van der Waals surface area contributed by atoms with E-state index in [1.165, 1.54) is 18.4 Å². The summed E-state index contributed by atoms with van der Waals surface area (Å²) in [5.74, 6) is -1.29. The molecular weight excluding hydrogens is 707 g/mol. The van der Waals surface area contributed by atoms with Gasteiger partial charge in [0.25, 0.3) is 5.91 Å². The molecular formula is C41H65N5O7S. The summed E-state index contributed by atoms with van der Waals surface area (Å²) >= 11 is 1.32. The zero-order chi connectivity index (χ0) is 39.8. The summed E-state index contributed by atoms with van der Waals surface area (Å²) in [5, 5.41) is 8.61. The van der Waals surface area contributed by atoms with E-state index in [0.29, 0.717) is 30.8 Å². The van der Waals surface area contributed by atoms with Crippen molar-refractivity contribution in [3.05, 3.63) is 52.0 Å². The molecule has 1 saturated heterocycles. The monoisotopic (exact) mass is 771 g/mol. The van der Waals surface area contributed by atoms with E-state index in [-0.39, 0.29) is 66.1 Å². The van der Waals surface area contributed by atoms with Gasteiger partial charge in [0.2, 0.25) is 11.8 Å². The van der Waals surface area contributed by atoms with Crippen LogP contribution in [0, 0.1) is 17.8 Å². The smallest absolute Gasteiger partial charge is 0.308 e. The van der Waals surface area contributed by atoms with Crippen LogP contribution in [0.5, 0.6) is 0 Å². The molecule has 0 radical (unpaired) electrons. The SMILES string of the molecule is CCCN(C(=O)C(NC(=O)C1CCCCN1C)C(C)CC)C(CC(OCOC)c1nc(C(=O)NC(Cc2ccccc2)CC(C)C(=O)OC)cs1)C(C)C. The van der Waals surface area contributed by atoms with Crippen LogP contribution in [0.3, 0.4) is 0 Å². The Balaban J connectivity index is 1.86. The number of hydrogen-bond donors (Lipinski definition) is 2. The van der Waals surface area contributed by atoms with Gasteiger partial charge >= 0.3 is 5.97 Å². The van der Waals surface area contributed by atoms with E-state index in [1.807, 2.05) is 63.1 Å². The Morgan fingerprint density at radius 3 is 2.35 bits per heavy atom. The van der Waals surface area contributed by atoms with E-state index in [9.17, 15) is 19.2 Å². The number of thiazole rings is 1. The zero-order valence-electron chi connectivity index (χ0n) is 34.0. The van der Waals surface area contributed by atoms with Gasteiger partial charge in [-0.25, -0.2) is 4.98 Å². The van der Waals surface area contributed by atoms with Crippen molar-refractivity contribution in [3.8, 4) is 0 Å². The molecule has 7 unspecified atom stereocenters. The molecule has 1 aromatic heterocycles. The maximum absolute atomic E-state index is 14.6. The highest BCUT2D eigenvalue weighted by Crippen LogP contribution is 2.32. The molecule has 1 aliphatic heterocycles. The highest BCUT2D eigenvalue weighted by atomic mass is 32.1. The van der Waals surface area contributed by atoms with Gasteiger partial charge in [0.1, 0.15) is 29.6 Å². The zero-order valence-corrected chi connectivity index (χ0v) is 34.8. The van der Waals surface area contributed by atoms with Gasteiger partial charge in [-0.1, -0.05) is 84.7 Å². The van der Waals surface area contributed by atoms with Crippen molar-refractivity contribution in [1.82, 2.24) is 25.4 Å². The fourth-order valence-corrected chi connectivity index (χ4v) is 8.04. The standard InChI is InChI=1S/C41H65N5O7S/c1-10-20-46(40(49)36(28(5)11-2)44-38(48)33-19-15-16-21-45(33)7)34(27(3)4)24-35(53-26-51-8)39-43-32(25-54-39)37(47)42-31(22-29(6)41(50)52-9)23-30-17-13-12-14-18-30/h12-14,17-18,25,27-29,31,33-36H,10-11,15-16,19-24,26H2,1-9H3,(H,42,47)(H,44,48). The Bertz CT molecular complexity index is 1460. The van der Waals surface area contributed by atoms with E-state index in [0.717, 1.165) is 44.2 Å². The minimum atomic E-state index is -0.662. The number of ether oxygens (including phenoxy) is 3. The molecule has 3 rings (SSSR count). The Labute approximate surface area is 327 Å². The molecule has 2 aromatic rings. The van der Waals surface area contributed by atoms with Crippen molar-refractivity contribution in [3.63, 3.8) is 0 Å². The van der Waals surface area contributed by atoms with Crippen LogP contribution in [0.2, 0.25) is 0 Å². The number of likely N-dealkylation sites (N-methyl/N-ethyl adjacent to an activating group) is 1. The predicted molar refractivity (Wildman–Crippen MR) is 212 cm³/mol. The topological polar surface area (TPSA) is 139 Å². The second-order valence-electron chi connectivity index (χ2n) is 15.1. The third-order valence-corrected chi connectivity index (χ3v) is 11.5. The summed E-state index contributed by atoms with van der Waals surface area (Å²) in [6, 6.07) is 8.32. The first kappa shape index (κ1) is 45.0. The van der Waals surface area contributed by atoms with Crippen molar-refractivity contribution in [2.45, 2.75) is 123 Å². The van der Waals surface area contributed by atoms with Gasteiger partial charge in [-0.2, -0.15) is 0 Å². The van der Waals surface area contributed by atoms with Crippen LogP contribution in [0.4, 0.5) is 0 Å². The van der Waals surface area contributed by atoms with Crippen molar-refractivity contribution in [2.75, 3.05) is 41.1 Å². The first-order valence-corrected chi connectivity index (χ1v) is 20.5. The highest BCUT2D eigenvalue weighted by molar-refractivity contribution is 7.09. The predicted octanol–water partition coefficient (Wildman–Crippen LogP) is 6.01. The Hall–Kier alpha value is -3.39. The number of amides is 3. The fraction of sp³-hybridized carbons (Fsp3) is 0.683. The summed E-state index contributed by atoms with van der Waals surface area (Å²) in [6.45, 7) is 13.5. The van der Waals surface area contributed by atoms with Crippen molar-refractivity contribution < 1.29 is 33.4 Å². The lowest BCUT2D eigenvalue weighted by molar-refractivity contribution is -0.145. The van der Waals surface area contributed by atoms with E-state index < -0.39 is 18.1 Å². The van der Waals surface area contributed by atoms with E-state index >= 15 is 0 Å². The fourth-order valence-electron chi connectivity index (χ4n) is 7.18. The molecule has 3 amide bonds. The summed E-state index contributed by atoms with van der Waals surface area (Å²) in [4.78, 5) is 63.0. The van der Waals surface area contributed by atoms with Crippen molar-refractivity contribution in [2.24, 2.45) is 17.8 Å². The lowest BCUT2D eigenvalue weighted by atomic mass is 9.92. The minimum absolute atomic E-state index is 0.00331. The van der Waals surface area contributed by atoms with Crippen LogP contribution in [-0.2, 0) is 35.0 Å². The second-order valence-corrected chi connectivity index (χ2v) is 16.0. The molecule has 2 heterocycles. The average Bonchev–Trinajstić information content (AvgIpc) is 3.66. The van der Waals surface area contributed by atoms with Gasteiger partial charge in [0, 0.05) is 37.5 Å². The highest BCUT2D eigenvalue weighted by Gasteiger charge is 2.38. The number of hydrogen-bond acceptors (Lipinski definition) is 10. The number of rotatable bonds is 22. The number of piperidine rings is 1. The van der Waals surface area contributed by atoms with Crippen LogP contribution in [-0.4, -0.2) is 104 Å². The number of esters is 1. The molecule has 0 bridgehead atoms. The van der Waals surface area contributed by atoms with Gasteiger partial charge < -0.3 is 29.7 Å². The largest absolute Gasteiger partial charge is 0.469 e. The van der Waals surface area contributed by atoms with Crippen LogP contribution in [0.15, 0.2) is 35.7 Å². The number of likely N-dealkylation sites (tertiary alicyclic amines) is 1. The van der Waals surface area contributed by atoms with E-state index in [1.54, 1.807) is 19.4 Å². The molecule has 1 fully saturated rings. The minimum Gasteiger partial charge on any atom is -0.469 e. The molecule has 7 atom stereocenters. The van der Waals surface area contributed by atoms with Crippen LogP contribution >= 0.6 is 11.3 Å². The van der Waals surface area contributed by atoms with Crippen molar-refractivity contribution in [1.29, 1.82) is 0 Å². The molecule has 0 spiro atoms. The normalized spacial score (nSPS) is 18.2. The first-order chi connectivity index (χ1) is 25.8. The van der Waals surface area contributed by atoms with Gasteiger partial charge in [-0.15, -0.1) is 11.3 Å². The van der Waals surface area contributed by atoms with Gasteiger partial charge in [0.05, 0.1) is 19.1 Å². The first-order valence-electron chi connectivity index (χ1n) is 19.6. The number of nitrogens with zero attached hydrogens (tertiary/aromatic N) is 3. The molecule has 1 aromatic carbocycles. The van der Waals surface area contributed by atoms with Crippen LogP contribution in [0.1, 0.15) is 114 Å². The maximum atomic E-state index is 14.6. The number of methoxy groups -OCH3 is 2. The summed E-state index contributed by atoms with van der Waals surface area (Å²) in [7, 11) is 4.89.